The molecular weight excluding hydrogens is 356 g/mol. The molecule has 0 aromatic carbocycles. The van der Waals surface area contributed by atoms with Crippen LogP contribution in [-0.2, 0) is 6.54 Å². The zero-order chi connectivity index (χ0) is 19.1. The van der Waals surface area contributed by atoms with Crippen molar-refractivity contribution in [3.05, 3.63) is 48.1 Å². The average Bonchev–Trinajstić information content (AvgIpc) is 3.46. The summed E-state index contributed by atoms with van der Waals surface area (Å²) in [5.74, 6) is 3.36. The molecule has 0 N–H and O–H groups in total. The van der Waals surface area contributed by atoms with Crippen LogP contribution in [0.4, 0.5) is 0 Å². The van der Waals surface area contributed by atoms with E-state index in [9.17, 15) is 0 Å². The van der Waals surface area contributed by atoms with E-state index in [4.69, 9.17) is 13.9 Å². The molecule has 3 aromatic rings. The quantitative estimate of drug-likeness (QED) is 0.682. The minimum Gasteiger partial charge on any atom is -0.465 e. The van der Waals surface area contributed by atoms with Crippen molar-refractivity contribution in [3.8, 4) is 11.5 Å². The fourth-order valence-corrected chi connectivity index (χ4v) is 4.74. The summed E-state index contributed by atoms with van der Waals surface area (Å²) in [6.07, 6.45) is 6.07. The van der Waals surface area contributed by atoms with E-state index < -0.39 is 0 Å². The Morgan fingerprint density at radius 2 is 2.18 bits per heavy atom. The van der Waals surface area contributed by atoms with Gasteiger partial charge in [-0.3, -0.25) is 9.88 Å². The Labute approximate surface area is 163 Å². The number of aryl methyl sites for hydroxylation is 1. The van der Waals surface area contributed by atoms with Gasteiger partial charge >= 0.3 is 0 Å². The van der Waals surface area contributed by atoms with Crippen LogP contribution in [0.25, 0.3) is 11.5 Å². The van der Waals surface area contributed by atoms with Gasteiger partial charge in [-0.1, -0.05) is 5.16 Å². The first-order valence-corrected chi connectivity index (χ1v) is 9.67. The van der Waals surface area contributed by atoms with Crippen molar-refractivity contribution >= 4 is 0 Å². The van der Waals surface area contributed by atoms with E-state index in [-0.39, 0.29) is 11.3 Å². The smallest absolute Gasteiger partial charge is 0.232 e. The molecule has 2 aliphatic rings. The molecular formula is C20H24N6O2. The van der Waals surface area contributed by atoms with E-state index >= 15 is 0 Å². The Balaban J connectivity index is 1.42. The highest BCUT2D eigenvalue weighted by molar-refractivity contribution is 5.45. The number of furan rings is 1. The molecule has 0 saturated carbocycles. The molecule has 5 rings (SSSR count). The molecule has 146 valence electrons. The highest BCUT2D eigenvalue weighted by Crippen LogP contribution is 2.48. The number of likely N-dealkylation sites (tertiary alicyclic amines) is 2. The van der Waals surface area contributed by atoms with Crippen LogP contribution in [0.5, 0.6) is 0 Å². The largest absolute Gasteiger partial charge is 0.465 e. The minimum absolute atomic E-state index is 0.128. The Kier molecular flexibility index (Phi) is 4.25. The van der Waals surface area contributed by atoms with Crippen molar-refractivity contribution in [2.75, 3.05) is 33.2 Å². The number of nitrogens with zero attached hydrogens (tertiary/aromatic N) is 6. The first kappa shape index (κ1) is 17.5. The molecule has 28 heavy (non-hydrogen) atoms. The van der Waals surface area contributed by atoms with E-state index in [1.54, 1.807) is 18.6 Å². The van der Waals surface area contributed by atoms with Gasteiger partial charge in [-0.05, 0) is 39.1 Å². The van der Waals surface area contributed by atoms with Gasteiger partial charge in [0.05, 0.1) is 18.7 Å². The highest BCUT2D eigenvalue weighted by Gasteiger charge is 2.52. The van der Waals surface area contributed by atoms with Crippen molar-refractivity contribution in [2.24, 2.45) is 5.41 Å². The second-order valence-corrected chi connectivity index (χ2v) is 8.13. The van der Waals surface area contributed by atoms with Crippen molar-refractivity contribution in [2.45, 2.75) is 25.8 Å². The van der Waals surface area contributed by atoms with Gasteiger partial charge in [-0.2, -0.15) is 4.98 Å². The highest BCUT2D eigenvalue weighted by atomic mass is 16.5. The van der Waals surface area contributed by atoms with E-state index in [1.807, 2.05) is 13.0 Å². The maximum absolute atomic E-state index is 5.80. The molecule has 5 heterocycles. The molecule has 2 saturated heterocycles. The molecule has 0 aliphatic carbocycles. The lowest BCUT2D eigenvalue weighted by atomic mass is 9.77. The van der Waals surface area contributed by atoms with Crippen molar-refractivity contribution < 1.29 is 8.94 Å². The monoisotopic (exact) mass is 380 g/mol. The van der Waals surface area contributed by atoms with E-state index in [2.05, 4.69) is 38.0 Å². The SMILES string of the molecule is Cc1ccc(CN2C[C@@H](c3nc(-c4cnccn4)no3)[C@]3(CCN(C)C3)C2)o1. The van der Waals surface area contributed by atoms with E-state index in [0.29, 0.717) is 17.4 Å². The molecule has 2 atom stereocenters. The lowest BCUT2D eigenvalue weighted by molar-refractivity contribution is 0.219. The Hall–Kier alpha value is -2.58. The zero-order valence-electron chi connectivity index (χ0n) is 16.2. The van der Waals surface area contributed by atoms with Crippen LogP contribution in [0, 0.1) is 12.3 Å². The normalized spacial score (nSPS) is 25.9. The summed E-state index contributed by atoms with van der Waals surface area (Å²) in [4.78, 5) is 17.9. The van der Waals surface area contributed by atoms with Crippen molar-refractivity contribution in [3.63, 3.8) is 0 Å². The maximum atomic E-state index is 5.80. The van der Waals surface area contributed by atoms with Gasteiger partial charge in [0.2, 0.25) is 11.7 Å². The number of hydrogen-bond donors (Lipinski definition) is 0. The van der Waals surface area contributed by atoms with Crippen LogP contribution in [0.1, 0.15) is 29.7 Å². The first-order chi connectivity index (χ1) is 13.6. The first-order valence-electron chi connectivity index (χ1n) is 9.67. The molecule has 0 amide bonds. The summed E-state index contributed by atoms with van der Waals surface area (Å²) in [6, 6.07) is 4.09. The van der Waals surface area contributed by atoms with Gasteiger partial charge in [-0.15, -0.1) is 0 Å². The molecule has 2 fully saturated rings. The summed E-state index contributed by atoms with van der Waals surface area (Å²) < 4.78 is 11.5. The molecule has 0 radical (unpaired) electrons. The van der Waals surface area contributed by atoms with Gasteiger partial charge in [0.25, 0.3) is 0 Å². The molecule has 0 unspecified atom stereocenters. The summed E-state index contributed by atoms with van der Waals surface area (Å²) in [6.45, 7) is 6.81. The second-order valence-electron chi connectivity index (χ2n) is 8.13. The summed E-state index contributed by atoms with van der Waals surface area (Å²) in [7, 11) is 2.18. The van der Waals surface area contributed by atoms with Crippen molar-refractivity contribution in [1.82, 2.24) is 29.9 Å². The van der Waals surface area contributed by atoms with Crippen LogP contribution in [0.3, 0.4) is 0 Å². The molecule has 1 spiro atoms. The van der Waals surface area contributed by atoms with Gasteiger partial charge in [0, 0.05) is 37.4 Å². The van der Waals surface area contributed by atoms with Crippen LogP contribution in [0.15, 0.2) is 39.7 Å². The van der Waals surface area contributed by atoms with E-state index in [1.165, 1.54) is 0 Å². The minimum atomic E-state index is 0.128. The lowest BCUT2D eigenvalue weighted by Crippen LogP contribution is -2.32. The topological polar surface area (TPSA) is 84.3 Å². The summed E-state index contributed by atoms with van der Waals surface area (Å²) in [5, 5.41) is 4.18. The van der Waals surface area contributed by atoms with Crippen LogP contribution >= 0.6 is 0 Å². The third kappa shape index (κ3) is 3.12. The van der Waals surface area contributed by atoms with Crippen molar-refractivity contribution in [1.29, 1.82) is 0 Å². The van der Waals surface area contributed by atoms with Gasteiger partial charge in [-0.25, -0.2) is 4.98 Å². The Bertz CT molecular complexity index is 955. The number of aromatic nitrogens is 4. The standard InChI is InChI=1S/C20H24N6O2/c1-14-3-4-15(27-14)10-26-11-16(20(13-26)5-8-25(2)12-20)19-23-18(24-28-19)17-9-21-6-7-22-17/h3-4,6-7,9,16H,5,8,10-13H2,1-2H3/t16-,20-/m0/s1. The maximum Gasteiger partial charge on any atom is 0.232 e. The second kappa shape index (κ2) is 6.79. The van der Waals surface area contributed by atoms with Crippen LogP contribution < -0.4 is 0 Å². The predicted molar refractivity (Wildman–Crippen MR) is 101 cm³/mol. The molecule has 8 nitrogen and oxygen atoms in total. The third-order valence-corrected chi connectivity index (χ3v) is 6.00. The number of hydrogen-bond acceptors (Lipinski definition) is 8. The molecule has 3 aromatic heterocycles. The fourth-order valence-electron chi connectivity index (χ4n) is 4.74. The molecule has 0 bridgehead atoms. The Morgan fingerprint density at radius 1 is 1.25 bits per heavy atom. The average molecular weight is 380 g/mol. The number of rotatable bonds is 4. The van der Waals surface area contributed by atoms with Gasteiger partial charge < -0.3 is 13.8 Å². The zero-order valence-corrected chi connectivity index (χ0v) is 16.2. The summed E-state index contributed by atoms with van der Waals surface area (Å²) in [5.41, 5.74) is 0.763. The molecule has 2 aliphatic heterocycles. The third-order valence-electron chi connectivity index (χ3n) is 6.00. The van der Waals surface area contributed by atoms with Crippen LogP contribution in [-0.4, -0.2) is 63.1 Å². The van der Waals surface area contributed by atoms with Gasteiger partial charge in [0.15, 0.2) is 0 Å². The Morgan fingerprint density at radius 3 is 2.89 bits per heavy atom. The van der Waals surface area contributed by atoms with Crippen LogP contribution in [0.2, 0.25) is 0 Å². The fraction of sp³-hybridized carbons (Fsp3) is 0.500. The predicted octanol–water partition coefficient (Wildman–Crippen LogP) is 2.35. The summed E-state index contributed by atoms with van der Waals surface area (Å²) >= 11 is 0. The lowest BCUT2D eigenvalue weighted by Gasteiger charge is -2.27. The van der Waals surface area contributed by atoms with E-state index in [0.717, 1.165) is 50.7 Å². The van der Waals surface area contributed by atoms with Gasteiger partial charge in [0.1, 0.15) is 17.2 Å². The molecule has 8 heteroatoms.